The van der Waals surface area contributed by atoms with Crippen molar-refractivity contribution in [1.82, 2.24) is 10.6 Å². The summed E-state index contributed by atoms with van der Waals surface area (Å²) in [6, 6.07) is 11.2. The Kier molecular flexibility index (Phi) is 7.49. The summed E-state index contributed by atoms with van der Waals surface area (Å²) < 4.78 is 0. The predicted molar refractivity (Wildman–Crippen MR) is 101 cm³/mol. The van der Waals surface area contributed by atoms with Crippen molar-refractivity contribution in [3.63, 3.8) is 0 Å². The van der Waals surface area contributed by atoms with Crippen molar-refractivity contribution >= 4 is 29.9 Å². The minimum absolute atomic E-state index is 0. The van der Waals surface area contributed by atoms with Gasteiger partial charge in [0.05, 0.1) is 0 Å². The second kappa shape index (κ2) is 8.61. The van der Waals surface area contributed by atoms with Gasteiger partial charge in [-0.05, 0) is 51.0 Å². The molecule has 118 valence electrons. The number of benzene rings is 1. The molecule has 2 rings (SSSR count). The van der Waals surface area contributed by atoms with Gasteiger partial charge in [0.2, 0.25) is 0 Å². The first-order chi connectivity index (χ1) is 9.63. The summed E-state index contributed by atoms with van der Waals surface area (Å²) >= 11 is 0. The molecule has 0 bridgehead atoms. The molecule has 3 nitrogen and oxygen atoms in total. The van der Waals surface area contributed by atoms with E-state index in [0.717, 1.165) is 25.5 Å². The van der Waals surface area contributed by atoms with E-state index in [9.17, 15) is 0 Å². The minimum Gasteiger partial charge on any atom is -0.357 e. The summed E-state index contributed by atoms with van der Waals surface area (Å²) in [6.07, 6.45) is 3.75. The van der Waals surface area contributed by atoms with Crippen LogP contribution >= 0.6 is 24.0 Å². The molecule has 0 atom stereocenters. The van der Waals surface area contributed by atoms with Crippen LogP contribution in [0, 0.1) is 5.41 Å². The maximum Gasteiger partial charge on any atom is 0.191 e. The van der Waals surface area contributed by atoms with Crippen molar-refractivity contribution in [3.8, 4) is 0 Å². The van der Waals surface area contributed by atoms with Crippen LogP contribution in [-0.2, 0) is 6.42 Å². The van der Waals surface area contributed by atoms with Crippen LogP contribution in [0.3, 0.4) is 0 Å². The van der Waals surface area contributed by atoms with Crippen molar-refractivity contribution in [2.45, 2.75) is 46.1 Å². The van der Waals surface area contributed by atoms with Crippen molar-refractivity contribution < 1.29 is 0 Å². The van der Waals surface area contributed by atoms with Crippen LogP contribution < -0.4 is 10.6 Å². The number of nitrogens with zero attached hydrogens (tertiary/aromatic N) is 1. The van der Waals surface area contributed by atoms with E-state index in [1.165, 1.54) is 18.4 Å². The van der Waals surface area contributed by atoms with Crippen LogP contribution in [0.25, 0.3) is 0 Å². The lowest BCUT2D eigenvalue weighted by molar-refractivity contribution is 0.518. The molecule has 1 aromatic rings. The van der Waals surface area contributed by atoms with Gasteiger partial charge in [-0.2, -0.15) is 0 Å². The predicted octanol–water partition coefficient (Wildman–Crippen LogP) is 3.59. The molecular weight excluding hydrogens is 373 g/mol. The van der Waals surface area contributed by atoms with Gasteiger partial charge in [0, 0.05) is 19.1 Å². The normalized spacial score (nSPS) is 16.3. The van der Waals surface area contributed by atoms with Gasteiger partial charge < -0.3 is 10.6 Å². The molecule has 2 N–H and O–H groups in total. The van der Waals surface area contributed by atoms with E-state index < -0.39 is 0 Å². The fourth-order valence-corrected chi connectivity index (χ4v) is 2.44. The number of halogens is 1. The lowest BCUT2D eigenvalue weighted by Gasteiger charge is -2.17. The summed E-state index contributed by atoms with van der Waals surface area (Å²) in [7, 11) is 0. The van der Waals surface area contributed by atoms with Crippen molar-refractivity contribution in [1.29, 1.82) is 0 Å². The number of nitrogens with one attached hydrogen (secondary N) is 2. The molecule has 4 heteroatoms. The van der Waals surface area contributed by atoms with Gasteiger partial charge >= 0.3 is 0 Å². The zero-order valence-electron chi connectivity index (χ0n) is 13.4. The SMILES string of the molecule is CCNC(=NCC1(Cc2ccccc2)CC1)NC(C)C.I. The Morgan fingerprint density at radius 1 is 1.24 bits per heavy atom. The summed E-state index contributed by atoms with van der Waals surface area (Å²) in [5, 5.41) is 6.70. The number of guanidine groups is 1. The minimum atomic E-state index is 0. The fraction of sp³-hybridized carbons (Fsp3) is 0.588. The Balaban J connectivity index is 0.00000220. The molecule has 21 heavy (non-hydrogen) atoms. The van der Waals surface area contributed by atoms with E-state index in [1.807, 2.05) is 0 Å². The maximum absolute atomic E-state index is 4.78. The molecular formula is C17H28IN3. The first-order valence-corrected chi connectivity index (χ1v) is 7.72. The third-order valence-electron chi connectivity index (χ3n) is 3.72. The van der Waals surface area contributed by atoms with Gasteiger partial charge in [-0.3, -0.25) is 4.99 Å². The van der Waals surface area contributed by atoms with Crippen molar-refractivity contribution in [2.75, 3.05) is 13.1 Å². The molecule has 1 aromatic carbocycles. The molecule has 1 aliphatic carbocycles. The highest BCUT2D eigenvalue weighted by Gasteiger charge is 2.42. The first kappa shape index (κ1) is 18.3. The van der Waals surface area contributed by atoms with Crippen LogP contribution in [-0.4, -0.2) is 25.1 Å². The second-order valence-corrected chi connectivity index (χ2v) is 6.16. The van der Waals surface area contributed by atoms with Crippen molar-refractivity contribution in [3.05, 3.63) is 35.9 Å². The molecule has 1 saturated carbocycles. The van der Waals surface area contributed by atoms with Crippen molar-refractivity contribution in [2.24, 2.45) is 10.4 Å². The fourth-order valence-electron chi connectivity index (χ4n) is 2.44. The molecule has 0 heterocycles. The van der Waals surface area contributed by atoms with Gasteiger partial charge in [-0.25, -0.2) is 0 Å². The molecule has 0 aliphatic heterocycles. The van der Waals surface area contributed by atoms with Crippen LogP contribution in [0.15, 0.2) is 35.3 Å². The molecule has 0 saturated heterocycles. The Bertz CT molecular complexity index is 439. The third kappa shape index (κ3) is 6.24. The van der Waals surface area contributed by atoms with E-state index >= 15 is 0 Å². The summed E-state index contributed by atoms with van der Waals surface area (Å²) in [4.78, 5) is 4.78. The first-order valence-electron chi connectivity index (χ1n) is 7.72. The van der Waals surface area contributed by atoms with Gasteiger partial charge in [0.25, 0.3) is 0 Å². The van der Waals surface area contributed by atoms with E-state index in [4.69, 9.17) is 4.99 Å². The Labute approximate surface area is 146 Å². The van der Waals surface area contributed by atoms with Crippen LogP contribution in [0.1, 0.15) is 39.2 Å². The van der Waals surface area contributed by atoms with Crippen LogP contribution in [0.2, 0.25) is 0 Å². The summed E-state index contributed by atoms with van der Waals surface area (Å²) in [5.74, 6) is 0.946. The third-order valence-corrected chi connectivity index (χ3v) is 3.72. The number of aliphatic imine (C=N–C) groups is 1. The number of rotatable bonds is 6. The average Bonchev–Trinajstić information content (AvgIpc) is 3.17. The molecule has 0 unspecified atom stereocenters. The van der Waals surface area contributed by atoms with E-state index in [0.29, 0.717) is 11.5 Å². The lowest BCUT2D eigenvalue weighted by atomic mass is 9.97. The molecule has 1 aliphatic rings. The monoisotopic (exact) mass is 401 g/mol. The topological polar surface area (TPSA) is 36.4 Å². The van der Waals surface area contributed by atoms with E-state index in [-0.39, 0.29) is 24.0 Å². The highest BCUT2D eigenvalue weighted by Crippen LogP contribution is 2.48. The van der Waals surface area contributed by atoms with E-state index in [1.54, 1.807) is 0 Å². The van der Waals surface area contributed by atoms with Crippen LogP contribution in [0.5, 0.6) is 0 Å². The summed E-state index contributed by atoms with van der Waals surface area (Å²) in [5.41, 5.74) is 1.84. The highest BCUT2D eigenvalue weighted by atomic mass is 127. The van der Waals surface area contributed by atoms with Crippen LogP contribution in [0.4, 0.5) is 0 Å². The van der Waals surface area contributed by atoms with Gasteiger partial charge in [-0.1, -0.05) is 30.3 Å². The largest absolute Gasteiger partial charge is 0.357 e. The average molecular weight is 401 g/mol. The molecule has 0 radical (unpaired) electrons. The zero-order chi connectivity index (χ0) is 14.4. The number of hydrogen-bond donors (Lipinski definition) is 2. The molecule has 0 aromatic heterocycles. The quantitative estimate of drug-likeness (QED) is 0.434. The van der Waals surface area contributed by atoms with E-state index in [2.05, 4.69) is 61.7 Å². The standard InChI is InChI=1S/C17H27N3.HI/c1-4-18-16(20-14(2)3)19-13-17(10-11-17)12-15-8-6-5-7-9-15;/h5-9,14H,4,10-13H2,1-3H3,(H2,18,19,20);1H. The number of hydrogen-bond acceptors (Lipinski definition) is 1. The Morgan fingerprint density at radius 3 is 2.43 bits per heavy atom. The van der Waals surface area contributed by atoms with Gasteiger partial charge in [-0.15, -0.1) is 24.0 Å². The van der Waals surface area contributed by atoms with Gasteiger partial charge in [0.15, 0.2) is 5.96 Å². The maximum atomic E-state index is 4.78. The highest BCUT2D eigenvalue weighted by molar-refractivity contribution is 14.0. The summed E-state index contributed by atoms with van der Waals surface area (Å²) in [6.45, 7) is 8.22. The van der Waals surface area contributed by atoms with Gasteiger partial charge in [0.1, 0.15) is 0 Å². The second-order valence-electron chi connectivity index (χ2n) is 6.16. The lowest BCUT2D eigenvalue weighted by Crippen LogP contribution is -2.41. The molecule has 0 spiro atoms. The Hall–Kier alpha value is -0.780. The molecule has 1 fully saturated rings. The smallest absolute Gasteiger partial charge is 0.191 e. The zero-order valence-corrected chi connectivity index (χ0v) is 15.7. The Morgan fingerprint density at radius 2 is 1.90 bits per heavy atom. The molecule has 0 amide bonds.